The van der Waals surface area contributed by atoms with Gasteiger partial charge in [-0.05, 0) is 41.5 Å². The van der Waals surface area contributed by atoms with E-state index < -0.39 is 0 Å². The summed E-state index contributed by atoms with van der Waals surface area (Å²) < 4.78 is 16.8. The molecule has 29 heavy (non-hydrogen) atoms. The molecule has 0 fully saturated rings. The van der Waals surface area contributed by atoms with Crippen molar-refractivity contribution in [2.75, 3.05) is 14.2 Å². The van der Waals surface area contributed by atoms with E-state index in [-0.39, 0.29) is 12.4 Å². The zero-order chi connectivity index (χ0) is 19.8. The lowest BCUT2D eigenvalue weighted by Gasteiger charge is -2.13. The summed E-state index contributed by atoms with van der Waals surface area (Å²) in [6.45, 7) is 1.89. The van der Waals surface area contributed by atoms with E-state index in [9.17, 15) is 0 Å². The molecular formula is C23H25Cl2NO3. The van der Waals surface area contributed by atoms with Gasteiger partial charge in [0, 0.05) is 23.7 Å². The van der Waals surface area contributed by atoms with Gasteiger partial charge in [-0.15, -0.1) is 12.4 Å². The van der Waals surface area contributed by atoms with E-state index in [0.717, 1.165) is 29.0 Å². The van der Waals surface area contributed by atoms with Gasteiger partial charge in [-0.1, -0.05) is 48.0 Å². The molecule has 6 heteroatoms. The van der Waals surface area contributed by atoms with E-state index in [1.54, 1.807) is 14.2 Å². The molecule has 3 rings (SSSR count). The summed E-state index contributed by atoms with van der Waals surface area (Å²) in [6.07, 6.45) is 0. The maximum Gasteiger partial charge on any atom is 0.161 e. The fraction of sp³-hybridized carbons (Fsp3) is 0.217. The van der Waals surface area contributed by atoms with E-state index in [0.29, 0.717) is 29.7 Å². The van der Waals surface area contributed by atoms with Crippen LogP contribution < -0.4 is 19.5 Å². The predicted octanol–water partition coefficient (Wildman–Crippen LogP) is 5.65. The number of rotatable bonds is 9. The fourth-order valence-electron chi connectivity index (χ4n) is 2.87. The van der Waals surface area contributed by atoms with Crippen molar-refractivity contribution >= 4 is 24.0 Å². The monoisotopic (exact) mass is 433 g/mol. The van der Waals surface area contributed by atoms with Crippen molar-refractivity contribution in [1.29, 1.82) is 0 Å². The molecule has 4 nitrogen and oxygen atoms in total. The minimum atomic E-state index is 0. The van der Waals surface area contributed by atoms with Crippen LogP contribution in [-0.2, 0) is 19.7 Å². The molecule has 0 amide bonds. The molecule has 0 spiro atoms. The number of hydrogen-bond acceptors (Lipinski definition) is 4. The third-order valence-corrected chi connectivity index (χ3v) is 4.62. The van der Waals surface area contributed by atoms with Gasteiger partial charge < -0.3 is 19.5 Å². The largest absolute Gasteiger partial charge is 0.496 e. The number of para-hydroxylation sites is 1. The first-order chi connectivity index (χ1) is 13.7. The van der Waals surface area contributed by atoms with Crippen LogP contribution in [0.5, 0.6) is 17.2 Å². The fourth-order valence-corrected chi connectivity index (χ4v) is 3.00. The molecule has 3 aromatic rings. The number of benzene rings is 3. The molecule has 0 unspecified atom stereocenters. The molecule has 0 aliphatic carbocycles. The average molecular weight is 434 g/mol. The standard InChI is InChI=1S/C23H24ClNO3.ClH/c1-26-21-6-4-3-5-19(21)15-25-14-18-9-12-22(23(13-18)27-2)28-16-17-7-10-20(24)11-8-17;/h3-13,25H,14-16H2,1-2H3;1H. The summed E-state index contributed by atoms with van der Waals surface area (Å²) in [6, 6.07) is 21.6. The van der Waals surface area contributed by atoms with Crippen LogP contribution >= 0.6 is 24.0 Å². The molecule has 154 valence electrons. The molecule has 0 bridgehead atoms. The first-order valence-corrected chi connectivity index (χ1v) is 9.44. The molecule has 0 aliphatic rings. The molecule has 0 atom stereocenters. The summed E-state index contributed by atoms with van der Waals surface area (Å²) in [5.74, 6) is 2.31. The topological polar surface area (TPSA) is 39.7 Å². The van der Waals surface area contributed by atoms with Crippen molar-refractivity contribution in [3.05, 3.63) is 88.4 Å². The van der Waals surface area contributed by atoms with Crippen molar-refractivity contribution in [3.8, 4) is 17.2 Å². The maximum absolute atomic E-state index is 5.92. The molecule has 0 heterocycles. The summed E-state index contributed by atoms with van der Waals surface area (Å²) in [4.78, 5) is 0. The quantitative estimate of drug-likeness (QED) is 0.473. The van der Waals surface area contributed by atoms with Crippen LogP contribution in [0.15, 0.2) is 66.7 Å². The average Bonchev–Trinajstić information content (AvgIpc) is 2.74. The van der Waals surface area contributed by atoms with Crippen molar-refractivity contribution in [1.82, 2.24) is 5.32 Å². The van der Waals surface area contributed by atoms with E-state index >= 15 is 0 Å². The van der Waals surface area contributed by atoms with Gasteiger partial charge in [0.15, 0.2) is 11.5 Å². The minimum Gasteiger partial charge on any atom is -0.496 e. The van der Waals surface area contributed by atoms with Crippen LogP contribution in [0.4, 0.5) is 0 Å². The number of ether oxygens (including phenoxy) is 3. The highest BCUT2D eigenvalue weighted by molar-refractivity contribution is 6.30. The lowest BCUT2D eigenvalue weighted by Crippen LogP contribution is -2.13. The molecule has 0 radical (unpaired) electrons. The summed E-state index contributed by atoms with van der Waals surface area (Å²) >= 11 is 5.92. The Morgan fingerprint density at radius 2 is 1.45 bits per heavy atom. The number of halogens is 2. The third kappa shape index (κ3) is 6.57. The molecule has 0 saturated carbocycles. The molecule has 0 saturated heterocycles. The highest BCUT2D eigenvalue weighted by Crippen LogP contribution is 2.29. The third-order valence-electron chi connectivity index (χ3n) is 4.37. The minimum absolute atomic E-state index is 0. The van der Waals surface area contributed by atoms with Crippen molar-refractivity contribution < 1.29 is 14.2 Å². The Morgan fingerprint density at radius 1 is 0.759 bits per heavy atom. The molecular weight excluding hydrogens is 409 g/mol. The van der Waals surface area contributed by atoms with Crippen LogP contribution in [0.2, 0.25) is 5.02 Å². The smallest absolute Gasteiger partial charge is 0.161 e. The Bertz CT molecular complexity index is 901. The Hall–Kier alpha value is -2.40. The Morgan fingerprint density at radius 3 is 2.17 bits per heavy atom. The molecule has 0 aromatic heterocycles. The first kappa shape index (κ1) is 22.9. The van der Waals surface area contributed by atoms with Gasteiger partial charge in [0.2, 0.25) is 0 Å². The predicted molar refractivity (Wildman–Crippen MR) is 120 cm³/mol. The number of hydrogen-bond donors (Lipinski definition) is 1. The second-order valence-electron chi connectivity index (χ2n) is 6.32. The van der Waals surface area contributed by atoms with Gasteiger partial charge in [0.1, 0.15) is 12.4 Å². The van der Waals surface area contributed by atoms with Gasteiger partial charge in [-0.3, -0.25) is 0 Å². The maximum atomic E-state index is 5.92. The number of methoxy groups -OCH3 is 2. The van der Waals surface area contributed by atoms with Crippen molar-refractivity contribution in [2.45, 2.75) is 19.7 Å². The first-order valence-electron chi connectivity index (χ1n) is 9.06. The summed E-state index contributed by atoms with van der Waals surface area (Å²) in [5.41, 5.74) is 3.29. The van der Waals surface area contributed by atoms with E-state index in [2.05, 4.69) is 11.4 Å². The van der Waals surface area contributed by atoms with Gasteiger partial charge in [0.05, 0.1) is 14.2 Å². The Kier molecular flexibility index (Phi) is 9.13. The van der Waals surface area contributed by atoms with Crippen LogP contribution in [-0.4, -0.2) is 14.2 Å². The van der Waals surface area contributed by atoms with Gasteiger partial charge in [-0.2, -0.15) is 0 Å². The summed E-state index contributed by atoms with van der Waals surface area (Å²) in [5, 5.41) is 4.15. The van der Waals surface area contributed by atoms with E-state index in [4.69, 9.17) is 25.8 Å². The normalized spacial score (nSPS) is 10.2. The van der Waals surface area contributed by atoms with Crippen molar-refractivity contribution in [2.24, 2.45) is 0 Å². The molecule has 1 N–H and O–H groups in total. The van der Waals surface area contributed by atoms with Gasteiger partial charge in [0.25, 0.3) is 0 Å². The van der Waals surface area contributed by atoms with Gasteiger partial charge >= 0.3 is 0 Å². The molecule has 3 aromatic carbocycles. The Labute approximate surface area is 183 Å². The lowest BCUT2D eigenvalue weighted by atomic mass is 10.1. The second kappa shape index (κ2) is 11.6. The highest BCUT2D eigenvalue weighted by Gasteiger charge is 2.07. The number of nitrogens with one attached hydrogen (secondary N) is 1. The van der Waals surface area contributed by atoms with E-state index in [1.807, 2.05) is 60.7 Å². The SMILES string of the molecule is COc1ccccc1CNCc1ccc(OCc2ccc(Cl)cc2)c(OC)c1.Cl. The lowest BCUT2D eigenvalue weighted by molar-refractivity contribution is 0.284. The van der Waals surface area contributed by atoms with Crippen LogP contribution in [0.1, 0.15) is 16.7 Å². The molecule has 0 aliphatic heterocycles. The zero-order valence-corrected chi connectivity index (χ0v) is 18.1. The zero-order valence-electron chi connectivity index (χ0n) is 16.5. The van der Waals surface area contributed by atoms with Crippen LogP contribution in [0.25, 0.3) is 0 Å². The van der Waals surface area contributed by atoms with Gasteiger partial charge in [-0.25, -0.2) is 0 Å². The second-order valence-corrected chi connectivity index (χ2v) is 6.75. The van der Waals surface area contributed by atoms with Crippen LogP contribution in [0, 0.1) is 0 Å². The Balaban J connectivity index is 0.00000300. The van der Waals surface area contributed by atoms with Crippen molar-refractivity contribution in [3.63, 3.8) is 0 Å². The highest BCUT2D eigenvalue weighted by atomic mass is 35.5. The van der Waals surface area contributed by atoms with Crippen LogP contribution in [0.3, 0.4) is 0 Å². The summed E-state index contributed by atoms with van der Waals surface area (Å²) in [7, 11) is 3.34. The van der Waals surface area contributed by atoms with E-state index in [1.165, 1.54) is 0 Å².